The van der Waals surface area contributed by atoms with E-state index in [1.165, 1.54) is 69.2 Å². The first kappa shape index (κ1) is 21.3. The van der Waals surface area contributed by atoms with E-state index < -0.39 is 0 Å². The van der Waals surface area contributed by atoms with E-state index in [1.807, 2.05) is 0 Å². The zero-order valence-corrected chi connectivity index (χ0v) is 17.6. The number of nitrogens with zero attached hydrogens (tertiary/aromatic N) is 2. The number of aromatic nitrogens is 2. The number of unbranched alkanes of at least 4 members (excludes halogenated alkanes) is 7. The van der Waals surface area contributed by atoms with Gasteiger partial charge in [0.25, 0.3) is 0 Å². The van der Waals surface area contributed by atoms with E-state index in [-0.39, 0.29) is 0 Å². The number of nitrogens with one attached hydrogen (secondary N) is 1. The van der Waals surface area contributed by atoms with Crippen molar-refractivity contribution in [1.29, 1.82) is 0 Å². The van der Waals surface area contributed by atoms with Crippen molar-refractivity contribution in [3.8, 4) is 0 Å². The molecule has 1 heterocycles. The third-order valence-corrected chi connectivity index (χ3v) is 5.33. The van der Waals surface area contributed by atoms with Crippen molar-refractivity contribution in [2.24, 2.45) is 0 Å². The summed E-state index contributed by atoms with van der Waals surface area (Å²) in [4.78, 5) is 9.40. The van der Waals surface area contributed by atoms with Gasteiger partial charge in [0, 0.05) is 23.2 Å². The predicted molar refractivity (Wildman–Crippen MR) is 114 cm³/mol. The van der Waals surface area contributed by atoms with Crippen LogP contribution in [-0.4, -0.2) is 16.5 Å². The van der Waals surface area contributed by atoms with E-state index in [0.29, 0.717) is 15.5 Å². The van der Waals surface area contributed by atoms with Gasteiger partial charge in [0.2, 0.25) is 0 Å². The van der Waals surface area contributed by atoms with Crippen molar-refractivity contribution in [1.82, 2.24) is 9.97 Å². The summed E-state index contributed by atoms with van der Waals surface area (Å²) in [5, 5.41) is 4.76. The minimum absolute atomic E-state index is 0.358. The Kier molecular flexibility index (Phi) is 10.2. The Morgan fingerprint density at radius 3 is 2.04 bits per heavy atom. The molecule has 26 heavy (non-hydrogen) atoms. The summed E-state index contributed by atoms with van der Waals surface area (Å²) >= 11 is 13.3. The normalized spacial score (nSPS) is 10.9. The highest BCUT2D eigenvalue weighted by Crippen LogP contribution is 2.28. The summed E-state index contributed by atoms with van der Waals surface area (Å²) in [5.41, 5.74) is 1.14. The Morgan fingerprint density at radius 1 is 0.846 bits per heavy atom. The fraction of sp³-hybridized carbons (Fsp3) is 0.500. The first-order valence-corrected chi connectivity index (χ1v) is 11.0. The second kappa shape index (κ2) is 12.4. The van der Waals surface area contributed by atoms with Gasteiger partial charge in [0.15, 0.2) is 5.16 Å². The van der Waals surface area contributed by atoms with Crippen LogP contribution in [0.25, 0.3) is 0 Å². The van der Waals surface area contributed by atoms with Gasteiger partial charge in [-0.3, -0.25) is 0 Å². The zero-order valence-electron chi connectivity index (χ0n) is 15.3. The van der Waals surface area contributed by atoms with Crippen LogP contribution in [0, 0.1) is 0 Å². The quantitative estimate of drug-likeness (QED) is 0.223. The molecular weight excluding hydrogens is 385 g/mol. The van der Waals surface area contributed by atoms with Crippen LogP contribution >= 0.6 is 35.0 Å². The van der Waals surface area contributed by atoms with Crippen LogP contribution < -0.4 is 5.32 Å². The summed E-state index contributed by atoms with van der Waals surface area (Å²) in [6.07, 6.45) is 10.7. The van der Waals surface area contributed by atoms with Crippen LogP contribution in [-0.2, 0) is 0 Å². The minimum atomic E-state index is 0.358. The number of hydrogen-bond acceptors (Lipinski definition) is 4. The third kappa shape index (κ3) is 8.61. The van der Waals surface area contributed by atoms with Crippen molar-refractivity contribution in [2.45, 2.75) is 68.3 Å². The van der Waals surface area contributed by atoms with Gasteiger partial charge in [-0.1, -0.05) is 75.1 Å². The lowest BCUT2D eigenvalue weighted by atomic mass is 10.1. The molecule has 3 nitrogen and oxygen atoms in total. The maximum atomic E-state index is 5.91. The molecule has 1 aromatic heterocycles. The fourth-order valence-electron chi connectivity index (χ4n) is 2.65. The number of benzene rings is 1. The van der Waals surface area contributed by atoms with Gasteiger partial charge in [-0.2, -0.15) is 0 Å². The van der Waals surface area contributed by atoms with Crippen LogP contribution in [0.3, 0.4) is 0 Å². The maximum Gasteiger partial charge on any atom is 0.195 e. The topological polar surface area (TPSA) is 37.8 Å². The van der Waals surface area contributed by atoms with Gasteiger partial charge in [-0.25, -0.2) is 9.97 Å². The number of rotatable bonds is 12. The lowest BCUT2D eigenvalue weighted by Gasteiger charge is -2.07. The van der Waals surface area contributed by atoms with Crippen molar-refractivity contribution < 1.29 is 0 Å². The molecule has 0 aliphatic heterocycles. The molecule has 0 bridgehead atoms. The van der Waals surface area contributed by atoms with E-state index in [2.05, 4.69) is 46.5 Å². The molecule has 2 rings (SSSR count). The molecule has 0 spiro atoms. The molecule has 0 amide bonds. The molecule has 6 heteroatoms. The molecule has 0 aliphatic rings. The van der Waals surface area contributed by atoms with Crippen LogP contribution in [0.15, 0.2) is 40.4 Å². The summed E-state index contributed by atoms with van der Waals surface area (Å²) < 4.78 is 0. The van der Waals surface area contributed by atoms with Gasteiger partial charge in [-0.05, 0) is 42.4 Å². The second-order valence-electron chi connectivity index (χ2n) is 6.32. The molecule has 2 aromatic rings. The van der Waals surface area contributed by atoms with Crippen molar-refractivity contribution in [3.05, 3.63) is 40.6 Å². The Balaban J connectivity index is 1.64. The first-order valence-electron chi connectivity index (χ1n) is 9.39. The highest BCUT2D eigenvalue weighted by atomic mass is 35.5. The monoisotopic (exact) mass is 411 g/mol. The van der Waals surface area contributed by atoms with Gasteiger partial charge in [0.05, 0.1) is 0 Å². The molecule has 1 N–H and O–H groups in total. The largest absolute Gasteiger partial charge is 0.385 e. The molecule has 0 atom stereocenters. The van der Waals surface area contributed by atoms with E-state index in [1.54, 1.807) is 0 Å². The fourth-order valence-corrected chi connectivity index (χ4v) is 3.95. The lowest BCUT2D eigenvalue weighted by Crippen LogP contribution is -2.01. The average Bonchev–Trinajstić information content (AvgIpc) is 2.61. The van der Waals surface area contributed by atoms with Gasteiger partial charge in [-0.15, -0.1) is 0 Å². The average molecular weight is 412 g/mol. The maximum absolute atomic E-state index is 5.91. The minimum Gasteiger partial charge on any atom is -0.385 e. The van der Waals surface area contributed by atoms with E-state index in [4.69, 9.17) is 23.2 Å². The Morgan fingerprint density at radius 2 is 1.42 bits per heavy atom. The summed E-state index contributed by atoms with van der Waals surface area (Å²) in [5.74, 6) is 0. The van der Waals surface area contributed by atoms with Crippen LogP contribution in [0.1, 0.15) is 58.3 Å². The highest BCUT2D eigenvalue weighted by molar-refractivity contribution is 7.99. The molecule has 0 unspecified atom stereocenters. The van der Waals surface area contributed by atoms with Crippen LogP contribution in [0.4, 0.5) is 5.69 Å². The van der Waals surface area contributed by atoms with Gasteiger partial charge in [0.1, 0.15) is 10.3 Å². The lowest BCUT2D eigenvalue weighted by molar-refractivity contribution is 0.581. The van der Waals surface area contributed by atoms with Crippen molar-refractivity contribution in [3.63, 3.8) is 0 Å². The molecule has 1 aromatic carbocycles. The van der Waals surface area contributed by atoms with E-state index in [0.717, 1.165) is 17.1 Å². The molecule has 0 saturated heterocycles. The highest BCUT2D eigenvalue weighted by Gasteiger charge is 2.04. The van der Waals surface area contributed by atoms with Gasteiger partial charge < -0.3 is 5.32 Å². The van der Waals surface area contributed by atoms with Crippen molar-refractivity contribution >= 4 is 40.7 Å². The van der Waals surface area contributed by atoms with E-state index in [9.17, 15) is 0 Å². The molecule has 0 fully saturated rings. The third-order valence-electron chi connectivity index (χ3n) is 4.07. The second-order valence-corrected chi connectivity index (χ2v) is 8.14. The summed E-state index contributed by atoms with van der Waals surface area (Å²) in [7, 11) is 0. The summed E-state index contributed by atoms with van der Waals surface area (Å²) in [6.45, 7) is 3.28. The van der Waals surface area contributed by atoms with E-state index >= 15 is 0 Å². The predicted octanol–water partition coefficient (Wildman–Crippen LogP) is 7.49. The number of anilines is 1. The molecule has 0 saturated carbocycles. The molecule has 0 radical (unpaired) electrons. The van der Waals surface area contributed by atoms with Crippen LogP contribution in [0.2, 0.25) is 10.3 Å². The summed E-state index contributed by atoms with van der Waals surface area (Å²) in [6, 6.07) is 9.81. The van der Waals surface area contributed by atoms with Crippen LogP contribution in [0.5, 0.6) is 0 Å². The molecule has 142 valence electrons. The number of hydrogen-bond donors (Lipinski definition) is 1. The smallest absolute Gasteiger partial charge is 0.195 e. The first-order chi connectivity index (χ1) is 12.7. The van der Waals surface area contributed by atoms with Crippen molar-refractivity contribution in [2.75, 3.05) is 11.9 Å². The molecular formula is C20H27Cl2N3S. The number of halogens is 2. The molecule has 0 aliphatic carbocycles. The standard InChI is InChI=1S/C20H27Cl2N3S/c1-2-3-4-5-6-7-8-9-14-23-16-10-12-17(13-11-16)26-20-24-18(21)15-19(22)25-20/h10-13,15,23H,2-9,14H2,1H3. The van der Waals surface area contributed by atoms with Gasteiger partial charge >= 0.3 is 0 Å². The Bertz CT molecular complexity index is 630. The SMILES string of the molecule is CCCCCCCCCCNc1ccc(Sc2nc(Cl)cc(Cl)n2)cc1. The Hall–Kier alpha value is -0.970. The zero-order chi connectivity index (χ0) is 18.6. The Labute approximate surface area is 171 Å².